The van der Waals surface area contributed by atoms with Crippen molar-refractivity contribution in [3.8, 4) is 0 Å². The number of likely N-dealkylation sites (tertiary alicyclic amines) is 1. The molecule has 1 aliphatic heterocycles. The topological polar surface area (TPSA) is 96.4 Å². The third-order valence-corrected chi connectivity index (χ3v) is 4.54. The Morgan fingerprint density at radius 1 is 1.31 bits per heavy atom. The Labute approximate surface area is 151 Å². The van der Waals surface area contributed by atoms with E-state index in [0.29, 0.717) is 50.3 Å². The van der Waals surface area contributed by atoms with Crippen LogP contribution in [0.2, 0.25) is 0 Å². The van der Waals surface area contributed by atoms with E-state index in [0.717, 1.165) is 18.5 Å². The number of rotatable bonds is 8. The number of hydrogen-bond donors (Lipinski definition) is 2. The molecule has 0 saturated carbocycles. The van der Waals surface area contributed by atoms with Crippen LogP contribution in [-0.2, 0) is 16.1 Å². The van der Waals surface area contributed by atoms with Crippen LogP contribution in [0.25, 0.3) is 11.0 Å². The molecule has 0 atom stereocenters. The number of hydrogen-bond acceptors (Lipinski definition) is 4. The molecule has 0 aliphatic carbocycles. The van der Waals surface area contributed by atoms with E-state index in [1.165, 1.54) is 0 Å². The van der Waals surface area contributed by atoms with Crippen molar-refractivity contribution in [2.75, 3.05) is 32.8 Å². The largest absolute Gasteiger partial charge is 0.380 e. The van der Waals surface area contributed by atoms with Gasteiger partial charge in [-0.2, -0.15) is 0 Å². The number of nitrogens with zero attached hydrogens (tertiary/aromatic N) is 2. The van der Waals surface area contributed by atoms with Crippen molar-refractivity contribution < 1.29 is 14.3 Å². The smallest absolute Gasteiger partial charge is 0.326 e. The molecule has 2 aromatic rings. The van der Waals surface area contributed by atoms with Gasteiger partial charge >= 0.3 is 5.69 Å². The summed E-state index contributed by atoms with van der Waals surface area (Å²) in [4.78, 5) is 40.5. The van der Waals surface area contributed by atoms with Crippen molar-refractivity contribution >= 4 is 22.8 Å². The third kappa shape index (κ3) is 3.96. The molecule has 0 radical (unpaired) electrons. The quantitative estimate of drug-likeness (QED) is 0.678. The zero-order chi connectivity index (χ0) is 18.5. The average molecular weight is 360 g/mol. The van der Waals surface area contributed by atoms with Gasteiger partial charge in [-0.25, -0.2) is 4.79 Å². The van der Waals surface area contributed by atoms with Gasteiger partial charge in [0, 0.05) is 38.2 Å². The van der Waals surface area contributed by atoms with Crippen molar-refractivity contribution in [2.45, 2.75) is 26.3 Å². The number of carbonyl (C=O) groups is 2. The number of benzene rings is 1. The molecule has 2 heterocycles. The summed E-state index contributed by atoms with van der Waals surface area (Å²) in [6.45, 7) is 5.12. The van der Waals surface area contributed by atoms with Gasteiger partial charge in [0.15, 0.2) is 0 Å². The predicted molar refractivity (Wildman–Crippen MR) is 97.2 cm³/mol. The van der Waals surface area contributed by atoms with E-state index in [1.807, 2.05) is 6.92 Å². The van der Waals surface area contributed by atoms with Crippen LogP contribution in [0.1, 0.15) is 30.1 Å². The SMILES string of the molecule is CCOCCn1c(=O)[nH]c2cc(C(=O)NCCN3CCCC3=O)ccc21. The van der Waals surface area contributed by atoms with Crippen LogP contribution >= 0.6 is 0 Å². The summed E-state index contributed by atoms with van der Waals surface area (Å²) in [5, 5.41) is 2.82. The number of H-pyrrole nitrogens is 1. The molecule has 2 amide bonds. The van der Waals surface area contributed by atoms with Gasteiger partial charge < -0.3 is 19.9 Å². The fourth-order valence-corrected chi connectivity index (χ4v) is 3.17. The van der Waals surface area contributed by atoms with Gasteiger partial charge in [-0.1, -0.05) is 0 Å². The number of imidazole rings is 1. The van der Waals surface area contributed by atoms with Crippen LogP contribution in [0.15, 0.2) is 23.0 Å². The summed E-state index contributed by atoms with van der Waals surface area (Å²) in [5.41, 5.74) is 1.62. The molecular formula is C18H24N4O4. The maximum atomic E-state index is 12.3. The van der Waals surface area contributed by atoms with Crippen LogP contribution in [-0.4, -0.2) is 59.1 Å². The van der Waals surface area contributed by atoms with E-state index < -0.39 is 0 Å². The minimum absolute atomic E-state index is 0.145. The van der Waals surface area contributed by atoms with Crippen molar-refractivity contribution in [3.63, 3.8) is 0 Å². The molecule has 1 aliphatic rings. The summed E-state index contributed by atoms with van der Waals surface area (Å²) < 4.78 is 6.90. The van der Waals surface area contributed by atoms with Gasteiger partial charge in [-0.3, -0.25) is 14.2 Å². The van der Waals surface area contributed by atoms with Gasteiger partial charge in [0.1, 0.15) is 0 Å². The molecule has 26 heavy (non-hydrogen) atoms. The van der Waals surface area contributed by atoms with E-state index in [9.17, 15) is 14.4 Å². The molecule has 1 fully saturated rings. The highest BCUT2D eigenvalue weighted by molar-refractivity contribution is 5.97. The maximum absolute atomic E-state index is 12.3. The zero-order valence-corrected chi connectivity index (χ0v) is 14.9. The fraction of sp³-hybridized carbons (Fsp3) is 0.500. The van der Waals surface area contributed by atoms with Gasteiger partial charge in [-0.15, -0.1) is 0 Å². The monoisotopic (exact) mass is 360 g/mol. The molecule has 140 valence electrons. The molecule has 0 spiro atoms. The van der Waals surface area contributed by atoms with Crippen LogP contribution in [0, 0.1) is 0 Å². The Bertz CT molecular complexity index is 854. The number of aromatic nitrogens is 2. The van der Waals surface area contributed by atoms with E-state index >= 15 is 0 Å². The van der Waals surface area contributed by atoms with Gasteiger partial charge in [0.2, 0.25) is 5.91 Å². The van der Waals surface area contributed by atoms with Crippen LogP contribution in [0.5, 0.6) is 0 Å². The number of ether oxygens (including phenoxy) is 1. The summed E-state index contributed by atoms with van der Waals surface area (Å²) in [6.07, 6.45) is 1.48. The number of nitrogens with one attached hydrogen (secondary N) is 2. The Hall–Kier alpha value is -2.61. The molecule has 0 bridgehead atoms. The van der Waals surface area contributed by atoms with Crippen molar-refractivity contribution in [1.82, 2.24) is 19.8 Å². The molecular weight excluding hydrogens is 336 g/mol. The van der Waals surface area contributed by atoms with Crippen LogP contribution in [0.4, 0.5) is 0 Å². The minimum atomic E-state index is -0.221. The summed E-state index contributed by atoms with van der Waals surface area (Å²) in [5.74, 6) is -0.0758. The highest BCUT2D eigenvalue weighted by Crippen LogP contribution is 2.13. The number of carbonyl (C=O) groups excluding carboxylic acids is 2. The highest BCUT2D eigenvalue weighted by atomic mass is 16.5. The number of amides is 2. The van der Waals surface area contributed by atoms with Gasteiger partial charge in [0.05, 0.1) is 24.2 Å². The Balaban J connectivity index is 1.63. The lowest BCUT2D eigenvalue weighted by atomic mass is 10.2. The Kier molecular flexibility index (Phi) is 5.72. The van der Waals surface area contributed by atoms with Gasteiger partial charge in [0.25, 0.3) is 5.91 Å². The van der Waals surface area contributed by atoms with Crippen LogP contribution in [0.3, 0.4) is 0 Å². The predicted octanol–water partition coefficient (Wildman–Crippen LogP) is 0.718. The second-order valence-electron chi connectivity index (χ2n) is 6.25. The Morgan fingerprint density at radius 2 is 2.15 bits per heavy atom. The molecule has 2 N–H and O–H groups in total. The number of fused-ring (bicyclic) bond motifs is 1. The summed E-state index contributed by atoms with van der Waals surface area (Å²) in [6, 6.07) is 5.13. The first-order valence-electron chi connectivity index (χ1n) is 8.96. The summed E-state index contributed by atoms with van der Waals surface area (Å²) >= 11 is 0. The van der Waals surface area contributed by atoms with Crippen molar-refractivity contribution in [1.29, 1.82) is 0 Å². The second kappa shape index (κ2) is 8.18. The fourth-order valence-electron chi connectivity index (χ4n) is 3.17. The zero-order valence-electron chi connectivity index (χ0n) is 14.9. The molecule has 8 heteroatoms. The maximum Gasteiger partial charge on any atom is 0.326 e. The van der Waals surface area contributed by atoms with Crippen molar-refractivity contribution in [2.24, 2.45) is 0 Å². The number of aromatic amines is 1. The lowest BCUT2D eigenvalue weighted by Gasteiger charge is -2.15. The lowest BCUT2D eigenvalue weighted by molar-refractivity contribution is -0.127. The molecule has 1 aromatic heterocycles. The van der Waals surface area contributed by atoms with Crippen LogP contribution < -0.4 is 11.0 Å². The standard InChI is InChI=1S/C18H24N4O4/c1-2-26-11-10-22-15-6-5-13(12-14(15)20-18(22)25)17(24)19-7-9-21-8-3-4-16(21)23/h5-6,12H,2-4,7-11H2,1H3,(H,19,24)(H,20,25). The molecule has 1 aromatic carbocycles. The molecule has 0 unspecified atom stereocenters. The lowest BCUT2D eigenvalue weighted by Crippen LogP contribution is -2.35. The molecule has 1 saturated heterocycles. The molecule has 3 rings (SSSR count). The second-order valence-corrected chi connectivity index (χ2v) is 6.25. The normalized spacial score (nSPS) is 14.3. The first-order chi connectivity index (χ1) is 12.6. The highest BCUT2D eigenvalue weighted by Gasteiger charge is 2.19. The average Bonchev–Trinajstić information content (AvgIpc) is 3.17. The molecule has 8 nitrogen and oxygen atoms in total. The van der Waals surface area contributed by atoms with E-state index in [-0.39, 0.29) is 17.5 Å². The van der Waals surface area contributed by atoms with Crippen molar-refractivity contribution in [3.05, 3.63) is 34.2 Å². The minimum Gasteiger partial charge on any atom is -0.380 e. The van der Waals surface area contributed by atoms with Gasteiger partial charge in [-0.05, 0) is 31.5 Å². The first kappa shape index (κ1) is 18.2. The van der Waals surface area contributed by atoms with E-state index in [1.54, 1.807) is 27.7 Å². The van der Waals surface area contributed by atoms with E-state index in [2.05, 4.69) is 10.3 Å². The first-order valence-corrected chi connectivity index (χ1v) is 8.96. The summed E-state index contributed by atoms with van der Waals surface area (Å²) in [7, 11) is 0. The Morgan fingerprint density at radius 3 is 2.88 bits per heavy atom. The van der Waals surface area contributed by atoms with E-state index in [4.69, 9.17) is 4.74 Å². The third-order valence-electron chi connectivity index (χ3n) is 4.54.